The summed E-state index contributed by atoms with van der Waals surface area (Å²) in [4.78, 5) is 19.3. The second-order valence-electron chi connectivity index (χ2n) is 7.15. The van der Waals surface area contributed by atoms with Crippen molar-refractivity contribution in [2.45, 2.75) is 18.5 Å². The molecule has 1 saturated heterocycles. The Morgan fingerprint density at radius 2 is 1.90 bits per heavy atom. The smallest absolute Gasteiger partial charge is 0.243 e. The molecular formula is C21H23N3O4S2. The van der Waals surface area contributed by atoms with Crippen LogP contribution in [0.15, 0.2) is 54.6 Å². The van der Waals surface area contributed by atoms with Crippen molar-refractivity contribution in [1.82, 2.24) is 14.5 Å². The Bertz CT molecular complexity index is 1150. The van der Waals surface area contributed by atoms with Gasteiger partial charge in [-0.05, 0) is 24.3 Å². The largest absolute Gasteiger partial charge is 0.486 e. The quantitative estimate of drug-likeness (QED) is 0.580. The van der Waals surface area contributed by atoms with E-state index >= 15 is 0 Å². The lowest BCUT2D eigenvalue weighted by Gasteiger charge is -2.34. The van der Waals surface area contributed by atoms with E-state index < -0.39 is 15.2 Å². The van der Waals surface area contributed by atoms with Crippen molar-refractivity contribution in [3.63, 3.8) is 0 Å². The molecule has 1 atom stereocenters. The molecule has 2 aromatic carbocycles. The van der Waals surface area contributed by atoms with E-state index in [1.165, 1.54) is 11.2 Å². The van der Waals surface area contributed by atoms with Crippen LogP contribution in [0.5, 0.6) is 5.75 Å². The Labute approximate surface area is 180 Å². The number of hydrogen-bond acceptors (Lipinski definition) is 6. The van der Waals surface area contributed by atoms with E-state index in [0.29, 0.717) is 23.9 Å². The number of ether oxygens (including phenoxy) is 1. The van der Waals surface area contributed by atoms with E-state index in [1.54, 1.807) is 11.8 Å². The molecule has 0 unspecified atom stereocenters. The summed E-state index contributed by atoms with van der Waals surface area (Å²) < 4.78 is 32.1. The summed E-state index contributed by atoms with van der Waals surface area (Å²) >= 11 is 1.56. The Kier molecular flexibility index (Phi) is 6.01. The average Bonchev–Trinajstić information content (AvgIpc) is 3.10. The van der Waals surface area contributed by atoms with Gasteiger partial charge < -0.3 is 14.2 Å². The standard InChI is InChI=1S/C21H23N3O4S2/c1-30(26,27)21-15-29-12-11-23(21)20(25)13-24-18-10-6-5-9-17(18)22-19(24)14-28-16-7-3-2-4-8-16/h2-10,21H,11-15H2,1H3/t21-/m0/s1. The molecule has 1 aromatic heterocycles. The van der Waals surface area contributed by atoms with Gasteiger partial charge in [0.2, 0.25) is 5.91 Å². The Hall–Kier alpha value is -2.52. The fourth-order valence-electron chi connectivity index (χ4n) is 3.52. The molecule has 0 saturated carbocycles. The molecule has 9 heteroatoms. The van der Waals surface area contributed by atoms with Gasteiger partial charge in [0.25, 0.3) is 0 Å². The molecule has 1 fully saturated rings. The van der Waals surface area contributed by atoms with Gasteiger partial charge in [-0.15, -0.1) is 0 Å². The van der Waals surface area contributed by atoms with Crippen molar-refractivity contribution in [2.75, 3.05) is 24.3 Å². The van der Waals surface area contributed by atoms with Crippen molar-refractivity contribution in [2.24, 2.45) is 0 Å². The van der Waals surface area contributed by atoms with Crippen LogP contribution in [0.4, 0.5) is 0 Å². The Morgan fingerprint density at radius 3 is 2.67 bits per heavy atom. The number of rotatable bonds is 6. The highest BCUT2D eigenvalue weighted by Crippen LogP contribution is 2.23. The predicted octanol–water partition coefficient (Wildman–Crippen LogP) is 2.56. The lowest BCUT2D eigenvalue weighted by atomic mass is 10.3. The topological polar surface area (TPSA) is 81.5 Å². The summed E-state index contributed by atoms with van der Waals surface area (Å²) in [6.45, 7) is 0.645. The predicted molar refractivity (Wildman–Crippen MR) is 118 cm³/mol. The average molecular weight is 446 g/mol. The summed E-state index contributed by atoms with van der Waals surface area (Å²) in [6.07, 6.45) is 1.19. The maximum atomic E-state index is 13.2. The highest BCUT2D eigenvalue weighted by atomic mass is 32.2. The third-order valence-corrected chi connectivity index (χ3v) is 7.68. The molecule has 0 N–H and O–H groups in total. The molecule has 7 nitrogen and oxygen atoms in total. The molecule has 1 aliphatic rings. The SMILES string of the molecule is CS(=O)(=O)[C@H]1CSCCN1C(=O)Cn1c(COc2ccccc2)nc2ccccc21. The number of carbonyl (C=O) groups is 1. The molecule has 30 heavy (non-hydrogen) atoms. The van der Waals surface area contributed by atoms with Gasteiger partial charge in [0, 0.05) is 24.3 Å². The van der Waals surface area contributed by atoms with E-state index in [4.69, 9.17) is 4.74 Å². The molecule has 0 aliphatic carbocycles. The van der Waals surface area contributed by atoms with Crippen LogP contribution < -0.4 is 4.74 Å². The van der Waals surface area contributed by atoms with Gasteiger partial charge in [0.1, 0.15) is 30.1 Å². The van der Waals surface area contributed by atoms with E-state index in [9.17, 15) is 13.2 Å². The van der Waals surface area contributed by atoms with Gasteiger partial charge in [0.05, 0.1) is 11.0 Å². The highest BCUT2D eigenvalue weighted by molar-refractivity contribution is 8.00. The fourth-order valence-corrected chi connectivity index (χ4v) is 6.36. The van der Waals surface area contributed by atoms with Gasteiger partial charge in [-0.1, -0.05) is 30.3 Å². The molecule has 3 aromatic rings. The fraction of sp³-hybridized carbons (Fsp3) is 0.333. The van der Waals surface area contributed by atoms with Gasteiger partial charge >= 0.3 is 0 Å². The van der Waals surface area contributed by atoms with Crippen LogP contribution in [-0.4, -0.2) is 58.5 Å². The van der Waals surface area contributed by atoms with Crippen LogP contribution in [0.1, 0.15) is 5.82 Å². The number of fused-ring (bicyclic) bond motifs is 1. The van der Waals surface area contributed by atoms with Crippen molar-refractivity contribution in [3.05, 3.63) is 60.4 Å². The molecule has 0 spiro atoms. The number of para-hydroxylation sites is 3. The first-order valence-corrected chi connectivity index (χ1v) is 12.7. The lowest BCUT2D eigenvalue weighted by Crippen LogP contribution is -2.51. The van der Waals surface area contributed by atoms with E-state index in [0.717, 1.165) is 16.8 Å². The lowest BCUT2D eigenvalue weighted by molar-refractivity contribution is -0.132. The van der Waals surface area contributed by atoms with Gasteiger partial charge in [-0.3, -0.25) is 4.79 Å². The molecule has 1 amide bonds. The molecule has 158 valence electrons. The number of nitrogens with zero attached hydrogens (tertiary/aromatic N) is 3. The number of aromatic nitrogens is 2. The van der Waals surface area contributed by atoms with Crippen LogP contribution in [0.25, 0.3) is 11.0 Å². The first kappa shape index (κ1) is 20.7. The van der Waals surface area contributed by atoms with Crippen LogP contribution in [0.3, 0.4) is 0 Å². The number of sulfone groups is 1. The summed E-state index contributed by atoms with van der Waals surface area (Å²) in [7, 11) is -3.36. The zero-order chi connectivity index (χ0) is 21.1. The van der Waals surface area contributed by atoms with Gasteiger partial charge in [-0.2, -0.15) is 11.8 Å². The van der Waals surface area contributed by atoms with E-state index in [1.807, 2.05) is 59.2 Å². The summed E-state index contributed by atoms with van der Waals surface area (Å²) in [5, 5.41) is -0.789. The summed E-state index contributed by atoms with van der Waals surface area (Å²) in [5.74, 6) is 2.24. The Balaban J connectivity index is 1.61. The number of hydrogen-bond donors (Lipinski definition) is 0. The normalized spacial score (nSPS) is 17.2. The van der Waals surface area contributed by atoms with Crippen molar-refractivity contribution < 1.29 is 17.9 Å². The molecule has 0 bridgehead atoms. The monoisotopic (exact) mass is 445 g/mol. The first-order valence-electron chi connectivity index (χ1n) is 9.61. The van der Waals surface area contributed by atoms with E-state index in [-0.39, 0.29) is 19.1 Å². The molecule has 1 aliphatic heterocycles. The summed E-state index contributed by atoms with van der Waals surface area (Å²) in [5.41, 5.74) is 1.59. The minimum absolute atomic E-state index is 0.0185. The van der Waals surface area contributed by atoms with Crippen LogP contribution in [0, 0.1) is 0 Å². The number of carbonyl (C=O) groups excluding carboxylic acids is 1. The maximum absolute atomic E-state index is 13.2. The Morgan fingerprint density at radius 1 is 1.17 bits per heavy atom. The summed E-state index contributed by atoms with van der Waals surface area (Å²) in [6, 6.07) is 17.0. The minimum atomic E-state index is -3.36. The molecule has 0 radical (unpaired) electrons. The van der Waals surface area contributed by atoms with Crippen molar-refractivity contribution in [1.29, 1.82) is 0 Å². The third kappa shape index (κ3) is 4.46. The number of benzene rings is 2. The zero-order valence-electron chi connectivity index (χ0n) is 16.6. The van der Waals surface area contributed by atoms with Crippen LogP contribution in [-0.2, 0) is 27.8 Å². The van der Waals surface area contributed by atoms with Crippen molar-refractivity contribution in [3.8, 4) is 5.75 Å². The molecule has 4 rings (SSSR count). The maximum Gasteiger partial charge on any atom is 0.243 e. The highest BCUT2D eigenvalue weighted by Gasteiger charge is 2.34. The van der Waals surface area contributed by atoms with E-state index in [2.05, 4.69) is 4.98 Å². The third-order valence-electron chi connectivity index (χ3n) is 5.04. The zero-order valence-corrected chi connectivity index (χ0v) is 18.2. The van der Waals surface area contributed by atoms with Gasteiger partial charge in [-0.25, -0.2) is 13.4 Å². The number of thioether (sulfide) groups is 1. The van der Waals surface area contributed by atoms with Gasteiger partial charge in [0.15, 0.2) is 9.84 Å². The van der Waals surface area contributed by atoms with Crippen molar-refractivity contribution >= 4 is 38.5 Å². The number of imidazole rings is 1. The second kappa shape index (κ2) is 8.69. The van der Waals surface area contributed by atoms with Crippen LogP contribution >= 0.6 is 11.8 Å². The molecule has 2 heterocycles. The molecular weight excluding hydrogens is 422 g/mol. The minimum Gasteiger partial charge on any atom is -0.486 e. The number of amides is 1. The second-order valence-corrected chi connectivity index (χ2v) is 10.5. The van der Waals surface area contributed by atoms with Crippen LogP contribution in [0.2, 0.25) is 0 Å². The first-order chi connectivity index (χ1) is 14.4.